The molecule has 1 aromatic carbocycles. The van der Waals surface area contributed by atoms with Gasteiger partial charge in [-0.2, -0.15) is 5.26 Å². The fourth-order valence-electron chi connectivity index (χ4n) is 2.71. The van der Waals surface area contributed by atoms with Crippen LogP contribution in [-0.4, -0.2) is 23.4 Å². The monoisotopic (exact) mass is 308 g/mol. The minimum atomic E-state index is -1.09. The number of pyridine rings is 1. The molecule has 0 bridgehead atoms. The Kier molecular flexibility index (Phi) is 4.11. The van der Waals surface area contributed by atoms with E-state index < -0.39 is 13.2 Å². The Labute approximate surface area is 133 Å². The van der Waals surface area contributed by atoms with Crippen LogP contribution in [0.1, 0.15) is 29.2 Å². The van der Waals surface area contributed by atoms with Gasteiger partial charge in [0.25, 0.3) is 0 Å². The number of rotatable bonds is 4. The first-order valence-corrected chi connectivity index (χ1v) is 7.08. The Hall–Kier alpha value is -2.69. The molecule has 6 nitrogen and oxygen atoms in total. The van der Waals surface area contributed by atoms with Crippen molar-refractivity contribution in [3.63, 3.8) is 0 Å². The lowest BCUT2D eigenvalue weighted by Gasteiger charge is -2.13. The molecule has 114 valence electrons. The number of aromatic nitrogens is 1. The average Bonchev–Trinajstić information content (AvgIpc) is 2.84. The third-order valence-corrected chi connectivity index (χ3v) is 3.67. The van der Waals surface area contributed by atoms with E-state index in [0.717, 1.165) is 17.4 Å². The zero-order chi connectivity index (χ0) is 16.4. The van der Waals surface area contributed by atoms with Crippen molar-refractivity contribution in [1.29, 1.82) is 5.26 Å². The van der Waals surface area contributed by atoms with Gasteiger partial charge in [-0.25, -0.2) is 4.98 Å². The first-order chi connectivity index (χ1) is 11.1. The van der Waals surface area contributed by atoms with E-state index in [4.69, 9.17) is 14.7 Å². The Balaban J connectivity index is 1.94. The molecule has 3 rings (SSSR count). The third-order valence-electron chi connectivity index (χ3n) is 3.67. The molecule has 2 aromatic rings. The smallest absolute Gasteiger partial charge is 0.439 e. The number of hydrogen-bond acceptors (Lipinski definition) is 6. The summed E-state index contributed by atoms with van der Waals surface area (Å²) < 4.78 is 11.1. The second-order valence-corrected chi connectivity index (χ2v) is 5.22. The summed E-state index contributed by atoms with van der Waals surface area (Å²) in [5, 5.41) is 18.9. The normalized spacial score (nSPS) is 15.9. The van der Waals surface area contributed by atoms with Crippen LogP contribution in [0.4, 0.5) is 0 Å². The summed E-state index contributed by atoms with van der Waals surface area (Å²) in [4.78, 5) is 14.8. The Bertz CT molecular complexity index is 803. The predicted molar refractivity (Wildman–Crippen MR) is 82.3 cm³/mol. The minimum Gasteiger partial charge on any atom is -0.439 e. The number of nitrogens with zero attached hydrogens (tertiary/aromatic N) is 2. The van der Waals surface area contributed by atoms with Gasteiger partial charge in [-0.05, 0) is 41.7 Å². The van der Waals surface area contributed by atoms with Crippen LogP contribution in [0, 0.1) is 18.3 Å². The number of ether oxygens (including phenoxy) is 1. The highest BCUT2D eigenvalue weighted by molar-refractivity contribution is 6.62. The van der Waals surface area contributed by atoms with Crippen molar-refractivity contribution >= 4 is 18.9 Å². The predicted octanol–water partition coefficient (Wildman–Crippen LogP) is 1.40. The van der Waals surface area contributed by atoms with Gasteiger partial charge < -0.3 is 19.2 Å². The molecule has 1 aliphatic heterocycles. The molecule has 1 N–H and O–H groups in total. The van der Waals surface area contributed by atoms with Crippen LogP contribution >= 0.6 is 0 Å². The fraction of sp³-hybridized carbons (Fsp3) is 0.188. The van der Waals surface area contributed by atoms with Gasteiger partial charge in [0.1, 0.15) is 12.0 Å². The van der Waals surface area contributed by atoms with Gasteiger partial charge in [-0.3, -0.25) is 0 Å². The molecule has 1 unspecified atom stereocenters. The Morgan fingerprint density at radius 2 is 2.35 bits per heavy atom. The SMILES string of the molecule is Cc1cc(Oc2cc(C#N)ccn2)cc2c1C(CC=O)OB2O. The van der Waals surface area contributed by atoms with Crippen LogP contribution in [0.25, 0.3) is 0 Å². The van der Waals surface area contributed by atoms with Crippen molar-refractivity contribution in [1.82, 2.24) is 4.98 Å². The average molecular weight is 308 g/mol. The van der Waals surface area contributed by atoms with Crippen LogP contribution in [-0.2, 0) is 9.45 Å². The van der Waals surface area contributed by atoms with Crippen molar-refractivity contribution in [2.75, 3.05) is 0 Å². The van der Waals surface area contributed by atoms with E-state index in [-0.39, 0.29) is 6.42 Å². The Morgan fingerprint density at radius 3 is 3.09 bits per heavy atom. The molecule has 23 heavy (non-hydrogen) atoms. The van der Waals surface area contributed by atoms with Crippen LogP contribution in [0.15, 0.2) is 30.5 Å². The molecular weight excluding hydrogens is 295 g/mol. The molecule has 1 aliphatic rings. The zero-order valence-electron chi connectivity index (χ0n) is 12.4. The zero-order valence-corrected chi connectivity index (χ0v) is 12.4. The quantitative estimate of drug-likeness (QED) is 0.678. The summed E-state index contributed by atoms with van der Waals surface area (Å²) in [7, 11) is -1.09. The van der Waals surface area contributed by atoms with Crippen LogP contribution in [0.2, 0.25) is 0 Å². The minimum absolute atomic E-state index is 0.191. The summed E-state index contributed by atoms with van der Waals surface area (Å²) in [6.45, 7) is 1.87. The molecule has 0 spiro atoms. The largest absolute Gasteiger partial charge is 0.492 e. The lowest BCUT2D eigenvalue weighted by atomic mass is 9.77. The second-order valence-electron chi connectivity index (χ2n) is 5.22. The van der Waals surface area contributed by atoms with Gasteiger partial charge in [0, 0.05) is 18.7 Å². The van der Waals surface area contributed by atoms with E-state index in [2.05, 4.69) is 4.98 Å². The van der Waals surface area contributed by atoms with Gasteiger partial charge in [-0.1, -0.05) is 0 Å². The number of carbonyl (C=O) groups excluding carboxylic acids is 1. The highest BCUT2D eigenvalue weighted by atomic mass is 16.5. The fourth-order valence-corrected chi connectivity index (χ4v) is 2.71. The summed E-state index contributed by atoms with van der Waals surface area (Å²) in [6, 6.07) is 8.59. The summed E-state index contributed by atoms with van der Waals surface area (Å²) in [5.41, 5.74) is 2.71. The van der Waals surface area contributed by atoms with E-state index >= 15 is 0 Å². The van der Waals surface area contributed by atoms with Crippen LogP contribution in [0.3, 0.4) is 0 Å². The van der Waals surface area contributed by atoms with Crippen molar-refractivity contribution in [2.45, 2.75) is 19.4 Å². The first-order valence-electron chi connectivity index (χ1n) is 7.08. The second kappa shape index (κ2) is 6.20. The van der Waals surface area contributed by atoms with Crippen molar-refractivity contribution in [3.05, 3.63) is 47.2 Å². The Morgan fingerprint density at radius 1 is 1.52 bits per heavy atom. The number of aldehydes is 1. The van der Waals surface area contributed by atoms with Crippen LogP contribution < -0.4 is 10.2 Å². The topological polar surface area (TPSA) is 92.4 Å². The van der Waals surface area contributed by atoms with Gasteiger partial charge in [0.15, 0.2) is 0 Å². The molecule has 0 saturated carbocycles. The van der Waals surface area contributed by atoms with Crippen molar-refractivity contribution in [2.24, 2.45) is 0 Å². The molecule has 0 amide bonds. The summed E-state index contributed by atoms with van der Waals surface area (Å²) in [6.07, 6.45) is 2.02. The van der Waals surface area contributed by atoms with Gasteiger partial charge in [0.05, 0.1) is 17.7 Å². The maximum Gasteiger partial charge on any atom is 0.492 e. The molecule has 0 radical (unpaired) electrons. The van der Waals surface area contributed by atoms with Gasteiger partial charge >= 0.3 is 7.12 Å². The number of fused-ring (bicyclic) bond motifs is 1. The molecule has 2 heterocycles. The standard InChI is InChI=1S/C16H13BN2O4/c1-10-6-12(22-15-7-11(9-18)2-4-19-15)8-13-16(10)14(3-5-20)23-17(13)21/h2,4-8,14,21H,3H2,1H3. The maximum atomic E-state index is 10.7. The van der Waals surface area contributed by atoms with E-state index in [1.807, 2.05) is 13.0 Å². The van der Waals surface area contributed by atoms with Gasteiger partial charge in [-0.15, -0.1) is 0 Å². The highest BCUT2D eigenvalue weighted by Gasteiger charge is 2.36. The molecule has 0 saturated heterocycles. The summed E-state index contributed by atoms with van der Waals surface area (Å²) >= 11 is 0. The number of hydrogen-bond donors (Lipinski definition) is 1. The number of aryl methyl sites for hydroxylation is 1. The molecule has 1 aromatic heterocycles. The van der Waals surface area contributed by atoms with E-state index in [0.29, 0.717) is 22.7 Å². The van der Waals surface area contributed by atoms with E-state index in [1.165, 1.54) is 12.3 Å². The van der Waals surface area contributed by atoms with E-state index in [9.17, 15) is 9.82 Å². The lowest BCUT2D eigenvalue weighted by Crippen LogP contribution is -2.28. The number of carbonyl (C=O) groups is 1. The van der Waals surface area contributed by atoms with E-state index in [1.54, 1.807) is 18.2 Å². The highest BCUT2D eigenvalue weighted by Crippen LogP contribution is 2.32. The van der Waals surface area contributed by atoms with Gasteiger partial charge in [0.2, 0.25) is 5.88 Å². The summed E-state index contributed by atoms with van der Waals surface area (Å²) in [5.74, 6) is 0.777. The first kappa shape index (κ1) is 15.2. The molecule has 1 atom stereocenters. The lowest BCUT2D eigenvalue weighted by molar-refractivity contribution is -0.109. The number of nitriles is 1. The molecular formula is C16H13BN2O4. The van der Waals surface area contributed by atoms with Crippen molar-refractivity contribution < 1.29 is 19.2 Å². The number of benzene rings is 1. The molecule has 7 heteroatoms. The third kappa shape index (κ3) is 2.95. The molecule has 0 aliphatic carbocycles. The van der Waals surface area contributed by atoms with Crippen molar-refractivity contribution in [3.8, 4) is 17.7 Å². The maximum absolute atomic E-state index is 10.7. The molecule has 0 fully saturated rings. The van der Waals surface area contributed by atoms with Crippen LogP contribution in [0.5, 0.6) is 11.6 Å².